The van der Waals surface area contributed by atoms with Crippen LogP contribution < -0.4 is 10.9 Å². The maximum Gasteiger partial charge on any atom is 0.263 e. The van der Waals surface area contributed by atoms with E-state index in [1.807, 2.05) is 36.4 Å². The summed E-state index contributed by atoms with van der Waals surface area (Å²) in [5.41, 5.74) is 2.14. The third kappa shape index (κ3) is 3.36. The minimum absolute atomic E-state index is 0.138. The standard InChI is InChI=1S/C21H17N7O2S/c1-2-9-27-19(30)15-5-3-4-6-17(15)28-20(27)25-26-21(28)31-12-18(29)23-14-7-8-16-13(10-14)11-22-24-16/h2-8,10-11H,1,9,12H2,(H,22,24)(H,23,29). The van der Waals surface area contributed by atoms with E-state index in [-0.39, 0.29) is 17.2 Å². The predicted octanol–water partition coefficient (Wildman–Crippen LogP) is 2.84. The van der Waals surface area contributed by atoms with Crippen molar-refractivity contribution in [3.8, 4) is 0 Å². The molecule has 3 heterocycles. The Kier molecular flexibility index (Phi) is 4.75. The average Bonchev–Trinajstić information content (AvgIpc) is 3.42. The van der Waals surface area contributed by atoms with E-state index in [9.17, 15) is 9.59 Å². The molecular formula is C21H17N7O2S. The molecule has 0 radical (unpaired) electrons. The highest BCUT2D eigenvalue weighted by atomic mass is 32.2. The van der Waals surface area contributed by atoms with Gasteiger partial charge in [0.15, 0.2) is 5.16 Å². The van der Waals surface area contributed by atoms with E-state index in [4.69, 9.17) is 0 Å². The summed E-state index contributed by atoms with van der Waals surface area (Å²) in [5.74, 6) is 0.379. The number of aromatic amines is 1. The highest BCUT2D eigenvalue weighted by molar-refractivity contribution is 7.99. The molecule has 0 bridgehead atoms. The van der Waals surface area contributed by atoms with Crippen molar-refractivity contribution in [3.63, 3.8) is 0 Å². The molecule has 0 saturated heterocycles. The molecule has 10 heteroatoms. The summed E-state index contributed by atoms with van der Waals surface area (Å²) in [6.07, 6.45) is 3.35. The van der Waals surface area contributed by atoms with E-state index >= 15 is 0 Å². The maximum absolute atomic E-state index is 12.8. The van der Waals surface area contributed by atoms with Crippen LogP contribution in [0.4, 0.5) is 5.69 Å². The number of nitrogens with zero attached hydrogens (tertiary/aromatic N) is 5. The molecule has 0 unspecified atom stereocenters. The van der Waals surface area contributed by atoms with Gasteiger partial charge in [0.2, 0.25) is 11.7 Å². The lowest BCUT2D eigenvalue weighted by atomic mass is 10.2. The van der Waals surface area contributed by atoms with Gasteiger partial charge in [0.1, 0.15) is 0 Å². The summed E-state index contributed by atoms with van der Waals surface area (Å²) in [6, 6.07) is 12.8. The Morgan fingerprint density at radius 2 is 2.10 bits per heavy atom. The first-order chi connectivity index (χ1) is 15.2. The van der Waals surface area contributed by atoms with Gasteiger partial charge in [-0.15, -0.1) is 16.8 Å². The lowest BCUT2D eigenvalue weighted by molar-refractivity contribution is -0.113. The molecule has 31 heavy (non-hydrogen) atoms. The highest BCUT2D eigenvalue weighted by Gasteiger charge is 2.17. The predicted molar refractivity (Wildman–Crippen MR) is 120 cm³/mol. The van der Waals surface area contributed by atoms with Crippen LogP contribution in [0.5, 0.6) is 0 Å². The van der Waals surface area contributed by atoms with Crippen LogP contribution >= 0.6 is 11.8 Å². The molecule has 2 aromatic carbocycles. The number of hydrogen-bond donors (Lipinski definition) is 2. The normalized spacial score (nSPS) is 11.4. The molecular weight excluding hydrogens is 414 g/mol. The van der Waals surface area contributed by atoms with Crippen molar-refractivity contribution < 1.29 is 4.79 Å². The van der Waals surface area contributed by atoms with Gasteiger partial charge >= 0.3 is 0 Å². The molecule has 2 N–H and O–H groups in total. The van der Waals surface area contributed by atoms with Crippen molar-refractivity contribution in [1.82, 2.24) is 29.4 Å². The Morgan fingerprint density at radius 3 is 2.97 bits per heavy atom. The fraction of sp³-hybridized carbons (Fsp3) is 0.0952. The monoisotopic (exact) mass is 431 g/mol. The van der Waals surface area contributed by atoms with Crippen molar-refractivity contribution in [2.75, 3.05) is 11.1 Å². The van der Waals surface area contributed by atoms with Crippen LogP contribution in [0.2, 0.25) is 0 Å². The molecule has 5 rings (SSSR count). The summed E-state index contributed by atoms with van der Waals surface area (Å²) in [6.45, 7) is 4.04. The van der Waals surface area contributed by atoms with Crippen molar-refractivity contribution in [1.29, 1.82) is 0 Å². The summed E-state index contributed by atoms with van der Waals surface area (Å²) < 4.78 is 3.32. The van der Waals surface area contributed by atoms with Gasteiger partial charge in [-0.2, -0.15) is 5.10 Å². The minimum Gasteiger partial charge on any atom is -0.325 e. The smallest absolute Gasteiger partial charge is 0.263 e. The Bertz CT molecular complexity index is 1520. The Hall–Kier alpha value is -3.92. The van der Waals surface area contributed by atoms with Crippen molar-refractivity contribution >= 4 is 50.9 Å². The van der Waals surface area contributed by atoms with Gasteiger partial charge in [-0.1, -0.05) is 30.0 Å². The number of para-hydroxylation sites is 1. The van der Waals surface area contributed by atoms with E-state index in [0.717, 1.165) is 10.9 Å². The van der Waals surface area contributed by atoms with Gasteiger partial charge in [-0.3, -0.25) is 23.7 Å². The fourth-order valence-corrected chi connectivity index (χ4v) is 4.21. The Labute approximate surface area is 179 Å². The number of carbonyl (C=O) groups is 1. The third-order valence-corrected chi connectivity index (χ3v) is 5.78. The largest absolute Gasteiger partial charge is 0.325 e. The van der Waals surface area contributed by atoms with E-state index in [1.54, 1.807) is 22.7 Å². The number of amides is 1. The first kappa shape index (κ1) is 19.1. The van der Waals surface area contributed by atoms with Crippen LogP contribution in [0, 0.1) is 0 Å². The number of aromatic nitrogens is 6. The number of rotatable bonds is 6. The summed E-state index contributed by atoms with van der Waals surface area (Å²) in [4.78, 5) is 25.4. The number of allylic oxidation sites excluding steroid dienone is 1. The number of thioether (sulfide) groups is 1. The van der Waals surface area contributed by atoms with Crippen molar-refractivity contribution in [2.45, 2.75) is 11.7 Å². The number of fused-ring (bicyclic) bond motifs is 4. The van der Waals surface area contributed by atoms with Crippen molar-refractivity contribution in [2.24, 2.45) is 0 Å². The van der Waals surface area contributed by atoms with Gasteiger partial charge in [0.25, 0.3) is 5.56 Å². The van der Waals surface area contributed by atoms with Gasteiger partial charge in [0.05, 0.1) is 28.4 Å². The molecule has 3 aromatic heterocycles. The molecule has 0 atom stereocenters. The SMILES string of the molecule is C=CCn1c(=O)c2ccccc2n2c(SCC(=O)Nc3ccc4[nH]ncc4c3)nnc12. The molecule has 0 spiro atoms. The molecule has 0 fully saturated rings. The quantitative estimate of drug-likeness (QED) is 0.316. The minimum atomic E-state index is -0.173. The maximum atomic E-state index is 12.8. The van der Waals surface area contributed by atoms with Crippen LogP contribution in [0.1, 0.15) is 0 Å². The molecule has 154 valence electrons. The third-order valence-electron chi connectivity index (χ3n) is 4.85. The first-order valence-corrected chi connectivity index (χ1v) is 10.5. The number of carbonyl (C=O) groups excluding carboxylic acids is 1. The number of benzene rings is 2. The zero-order valence-corrected chi connectivity index (χ0v) is 17.1. The molecule has 0 aliphatic carbocycles. The Balaban J connectivity index is 1.44. The summed E-state index contributed by atoms with van der Waals surface area (Å²) in [5, 5.41) is 20.2. The van der Waals surface area contributed by atoms with E-state index in [0.29, 0.717) is 34.1 Å². The lowest BCUT2D eigenvalue weighted by Gasteiger charge is -2.09. The molecule has 0 saturated carbocycles. The molecule has 0 aliphatic rings. The van der Waals surface area contributed by atoms with Gasteiger partial charge < -0.3 is 5.32 Å². The van der Waals surface area contributed by atoms with Crippen LogP contribution in [0.3, 0.4) is 0 Å². The zero-order chi connectivity index (χ0) is 21.4. The van der Waals surface area contributed by atoms with Gasteiger partial charge in [0, 0.05) is 17.6 Å². The molecule has 5 aromatic rings. The average molecular weight is 431 g/mol. The second-order valence-electron chi connectivity index (χ2n) is 6.85. The lowest BCUT2D eigenvalue weighted by Crippen LogP contribution is -2.22. The zero-order valence-electron chi connectivity index (χ0n) is 16.3. The molecule has 9 nitrogen and oxygen atoms in total. The fourth-order valence-electron chi connectivity index (χ4n) is 3.47. The topological polar surface area (TPSA) is 110 Å². The van der Waals surface area contributed by atoms with Crippen LogP contribution in [-0.4, -0.2) is 41.0 Å². The Morgan fingerprint density at radius 1 is 1.23 bits per heavy atom. The number of hydrogen-bond acceptors (Lipinski definition) is 6. The van der Waals surface area contributed by atoms with Gasteiger partial charge in [-0.05, 0) is 30.3 Å². The number of nitrogens with one attached hydrogen (secondary N) is 2. The summed E-state index contributed by atoms with van der Waals surface area (Å²) >= 11 is 1.25. The van der Waals surface area contributed by atoms with Crippen molar-refractivity contribution in [3.05, 3.63) is 71.7 Å². The number of H-pyrrole nitrogens is 1. The van der Waals surface area contributed by atoms with E-state index in [2.05, 4.69) is 32.3 Å². The van der Waals surface area contributed by atoms with Gasteiger partial charge in [-0.25, -0.2) is 0 Å². The first-order valence-electron chi connectivity index (χ1n) is 9.49. The van der Waals surface area contributed by atoms with Crippen LogP contribution in [-0.2, 0) is 11.3 Å². The van der Waals surface area contributed by atoms with E-state index < -0.39 is 0 Å². The summed E-state index contributed by atoms with van der Waals surface area (Å²) in [7, 11) is 0. The van der Waals surface area contributed by atoms with Crippen LogP contribution in [0.15, 0.2) is 71.3 Å². The second-order valence-corrected chi connectivity index (χ2v) is 7.79. The second kappa shape index (κ2) is 7.73. The van der Waals surface area contributed by atoms with Crippen LogP contribution in [0.25, 0.3) is 27.6 Å². The van der Waals surface area contributed by atoms with E-state index in [1.165, 1.54) is 16.3 Å². The molecule has 1 amide bonds. The highest BCUT2D eigenvalue weighted by Crippen LogP contribution is 2.22. The number of anilines is 1. The molecule has 0 aliphatic heterocycles.